The second-order valence-corrected chi connectivity index (χ2v) is 7.90. The van der Waals surface area contributed by atoms with E-state index in [2.05, 4.69) is 15.0 Å². The number of amides is 1. The van der Waals surface area contributed by atoms with Crippen molar-refractivity contribution in [3.63, 3.8) is 0 Å². The normalized spacial score (nSPS) is 14.3. The molecule has 168 valence electrons. The summed E-state index contributed by atoms with van der Waals surface area (Å²) in [7, 11) is 1.66. The van der Waals surface area contributed by atoms with Crippen LogP contribution in [0.2, 0.25) is 0 Å². The Hall–Kier alpha value is -3.42. The fraction of sp³-hybridized carbons (Fsp3) is 0.375. The highest BCUT2D eigenvalue weighted by atomic mass is 19.1. The Bertz CT molecular complexity index is 1070. The number of ether oxygens (including phenoxy) is 1. The van der Waals surface area contributed by atoms with Gasteiger partial charge in [0.1, 0.15) is 11.6 Å². The lowest BCUT2D eigenvalue weighted by Crippen LogP contribution is -2.35. The van der Waals surface area contributed by atoms with E-state index in [0.29, 0.717) is 42.2 Å². The summed E-state index contributed by atoms with van der Waals surface area (Å²) in [4.78, 5) is 21.3. The predicted molar refractivity (Wildman–Crippen MR) is 119 cm³/mol. The number of halogens is 1. The van der Waals surface area contributed by atoms with Gasteiger partial charge in [-0.25, -0.2) is 4.39 Å². The molecule has 1 aromatic heterocycles. The molecule has 0 spiro atoms. The summed E-state index contributed by atoms with van der Waals surface area (Å²) in [6.45, 7) is 4.78. The van der Waals surface area contributed by atoms with E-state index in [9.17, 15) is 9.18 Å². The minimum Gasteiger partial charge on any atom is -0.497 e. The fourth-order valence-electron chi connectivity index (χ4n) is 3.85. The Kier molecular flexibility index (Phi) is 6.68. The van der Waals surface area contributed by atoms with E-state index in [4.69, 9.17) is 9.26 Å². The molecule has 0 N–H and O–H groups in total. The van der Waals surface area contributed by atoms with Crippen LogP contribution in [-0.2, 0) is 11.2 Å². The smallest absolute Gasteiger partial charge is 0.227 e. The second kappa shape index (κ2) is 9.80. The maximum Gasteiger partial charge on any atom is 0.227 e. The van der Waals surface area contributed by atoms with Crippen LogP contribution in [0.4, 0.5) is 10.1 Å². The van der Waals surface area contributed by atoms with Gasteiger partial charge in [-0.1, -0.05) is 5.16 Å². The highest BCUT2D eigenvalue weighted by Gasteiger charge is 2.20. The molecule has 1 fully saturated rings. The molecule has 7 nitrogen and oxygen atoms in total. The van der Waals surface area contributed by atoms with Crippen LogP contribution in [-0.4, -0.2) is 54.2 Å². The third kappa shape index (κ3) is 5.07. The highest BCUT2D eigenvalue weighted by Crippen LogP contribution is 2.22. The average Bonchev–Trinajstić information content (AvgIpc) is 3.15. The molecule has 1 aliphatic heterocycles. The van der Waals surface area contributed by atoms with Crippen molar-refractivity contribution in [2.75, 3.05) is 38.2 Å². The number of carbonyl (C=O) groups excluding carboxylic acids is 1. The molecular formula is C24H27FN4O3. The molecule has 0 bridgehead atoms. The van der Waals surface area contributed by atoms with Crippen molar-refractivity contribution < 1.29 is 18.4 Å². The van der Waals surface area contributed by atoms with Gasteiger partial charge in [0.15, 0.2) is 0 Å². The minimum absolute atomic E-state index is 0.0824. The van der Waals surface area contributed by atoms with Crippen molar-refractivity contribution in [2.45, 2.75) is 26.2 Å². The maximum atomic E-state index is 13.5. The third-order valence-corrected chi connectivity index (χ3v) is 5.72. The van der Waals surface area contributed by atoms with Crippen molar-refractivity contribution in [1.29, 1.82) is 0 Å². The van der Waals surface area contributed by atoms with Crippen LogP contribution in [0.5, 0.6) is 5.75 Å². The highest BCUT2D eigenvalue weighted by molar-refractivity contribution is 5.76. The van der Waals surface area contributed by atoms with Gasteiger partial charge in [0.25, 0.3) is 0 Å². The standard InChI is InChI=1S/C24H27FN4O3/c1-17-16-18(4-9-21(17)25)24-26-22(32-27-24)10-11-23(30)29-13-3-12-28(14-15-29)19-5-7-20(31-2)8-6-19/h4-9,16H,3,10-15H2,1-2H3. The van der Waals surface area contributed by atoms with Crippen LogP contribution in [0, 0.1) is 12.7 Å². The molecule has 0 aliphatic carbocycles. The number of aryl methyl sites for hydroxylation is 2. The largest absolute Gasteiger partial charge is 0.497 e. The van der Waals surface area contributed by atoms with Gasteiger partial charge in [-0.05, 0) is 61.4 Å². The van der Waals surface area contributed by atoms with E-state index in [1.165, 1.54) is 6.07 Å². The van der Waals surface area contributed by atoms with Gasteiger partial charge in [0.2, 0.25) is 17.6 Å². The number of hydrogen-bond acceptors (Lipinski definition) is 6. The Labute approximate surface area is 186 Å². The SMILES string of the molecule is COc1ccc(N2CCCN(C(=O)CCc3nc(-c4ccc(F)c(C)c4)no3)CC2)cc1. The van der Waals surface area contributed by atoms with Gasteiger partial charge in [0, 0.05) is 50.3 Å². The van der Waals surface area contributed by atoms with E-state index in [1.54, 1.807) is 26.2 Å². The van der Waals surface area contributed by atoms with Crippen LogP contribution in [0.3, 0.4) is 0 Å². The summed E-state index contributed by atoms with van der Waals surface area (Å²) < 4.78 is 24.0. The molecule has 2 aromatic carbocycles. The number of anilines is 1. The first-order valence-corrected chi connectivity index (χ1v) is 10.8. The lowest BCUT2D eigenvalue weighted by molar-refractivity contribution is -0.131. The molecule has 8 heteroatoms. The number of aromatic nitrogens is 2. The molecule has 0 unspecified atom stereocenters. The van der Waals surface area contributed by atoms with E-state index in [0.717, 1.165) is 37.5 Å². The summed E-state index contributed by atoms with van der Waals surface area (Å²) in [5, 5.41) is 3.97. The molecule has 0 radical (unpaired) electrons. The number of methoxy groups -OCH3 is 1. The first kappa shape index (κ1) is 21.8. The van der Waals surface area contributed by atoms with E-state index < -0.39 is 0 Å². The molecular weight excluding hydrogens is 411 g/mol. The lowest BCUT2D eigenvalue weighted by atomic mass is 10.1. The summed E-state index contributed by atoms with van der Waals surface area (Å²) >= 11 is 0. The van der Waals surface area contributed by atoms with Crippen LogP contribution in [0.25, 0.3) is 11.4 Å². The Balaban J connectivity index is 1.30. The fourth-order valence-corrected chi connectivity index (χ4v) is 3.85. The number of hydrogen-bond donors (Lipinski definition) is 0. The van der Waals surface area contributed by atoms with Gasteiger partial charge in [-0.2, -0.15) is 4.98 Å². The number of benzene rings is 2. The van der Waals surface area contributed by atoms with Crippen molar-refractivity contribution in [3.8, 4) is 17.1 Å². The van der Waals surface area contributed by atoms with E-state index >= 15 is 0 Å². The van der Waals surface area contributed by atoms with Crippen molar-refractivity contribution in [2.24, 2.45) is 0 Å². The van der Waals surface area contributed by atoms with Gasteiger partial charge in [0.05, 0.1) is 7.11 Å². The molecule has 1 saturated heterocycles. The van der Waals surface area contributed by atoms with Crippen LogP contribution >= 0.6 is 0 Å². The monoisotopic (exact) mass is 438 g/mol. The van der Waals surface area contributed by atoms with Crippen molar-refractivity contribution in [1.82, 2.24) is 15.0 Å². The third-order valence-electron chi connectivity index (χ3n) is 5.72. The summed E-state index contributed by atoms with van der Waals surface area (Å²) in [5.41, 5.74) is 2.35. The molecule has 32 heavy (non-hydrogen) atoms. The van der Waals surface area contributed by atoms with Crippen molar-refractivity contribution >= 4 is 11.6 Å². The Morgan fingerprint density at radius 3 is 2.69 bits per heavy atom. The topological polar surface area (TPSA) is 71.7 Å². The molecule has 3 aromatic rings. The molecule has 2 heterocycles. The Morgan fingerprint density at radius 1 is 1.12 bits per heavy atom. The van der Waals surface area contributed by atoms with Gasteiger partial charge >= 0.3 is 0 Å². The van der Waals surface area contributed by atoms with Gasteiger partial charge in [-0.15, -0.1) is 0 Å². The Morgan fingerprint density at radius 2 is 1.94 bits per heavy atom. The van der Waals surface area contributed by atoms with E-state index in [-0.39, 0.29) is 11.7 Å². The summed E-state index contributed by atoms with van der Waals surface area (Å²) in [6.07, 6.45) is 1.60. The molecule has 4 rings (SSSR count). The molecule has 0 saturated carbocycles. The summed E-state index contributed by atoms with van der Waals surface area (Å²) in [5.74, 6) is 1.45. The lowest BCUT2D eigenvalue weighted by Gasteiger charge is -2.24. The van der Waals surface area contributed by atoms with Crippen LogP contribution in [0.15, 0.2) is 47.0 Å². The number of nitrogens with zero attached hydrogens (tertiary/aromatic N) is 4. The first-order valence-electron chi connectivity index (χ1n) is 10.8. The zero-order valence-corrected chi connectivity index (χ0v) is 18.4. The summed E-state index contributed by atoms with van der Waals surface area (Å²) in [6, 6.07) is 12.7. The average molecular weight is 439 g/mol. The zero-order chi connectivity index (χ0) is 22.5. The molecule has 1 amide bonds. The number of carbonyl (C=O) groups is 1. The maximum absolute atomic E-state index is 13.5. The minimum atomic E-state index is -0.272. The van der Waals surface area contributed by atoms with Gasteiger partial charge < -0.3 is 19.1 Å². The number of rotatable bonds is 6. The zero-order valence-electron chi connectivity index (χ0n) is 18.4. The van der Waals surface area contributed by atoms with Crippen LogP contribution in [0.1, 0.15) is 24.3 Å². The predicted octanol–water partition coefficient (Wildman–Crippen LogP) is 3.86. The molecule has 1 aliphatic rings. The van der Waals surface area contributed by atoms with Crippen LogP contribution < -0.4 is 9.64 Å². The van der Waals surface area contributed by atoms with Gasteiger partial charge in [-0.3, -0.25) is 4.79 Å². The molecule has 0 atom stereocenters. The quantitative estimate of drug-likeness (QED) is 0.582. The van der Waals surface area contributed by atoms with Crippen molar-refractivity contribution in [3.05, 3.63) is 59.7 Å². The van der Waals surface area contributed by atoms with E-state index in [1.807, 2.05) is 29.2 Å². The second-order valence-electron chi connectivity index (χ2n) is 7.90. The first-order chi connectivity index (χ1) is 15.5.